The largest absolute Gasteiger partial charge is 0.480 e. The summed E-state index contributed by atoms with van der Waals surface area (Å²) in [6.07, 6.45) is 2.67. The number of aliphatic carboxylic acids is 1. The normalized spacial score (nSPS) is 11.4. The van der Waals surface area contributed by atoms with Crippen LogP contribution in [0.4, 0.5) is 5.69 Å². The van der Waals surface area contributed by atoms with Crippen LogP contribution in [0.5, 0.6) is 0 Å². The Kier molecular flexibility index (Phi) is 3.81. The molecule has 0 saturated heterocycles. The van der Waals surface area contributed by atoms with Crippen LogP contribution in [0, 0.1) is 10.1 Å². The number of carboxylic acid groups (broad SMARTS) is 1. The van der Waals surface area contributed by atoms with E-state index in [2.05, 4.69) is 10.3 Å². The fourth-order valence-electron chi connectivity index (χ4n) is 1.84. The molecule has 1 amide bonds. The minimum atomic E-state index is -1.38. The van der Waals surface area contributed by atoms with Crippen molar-refractivity contribution in [2.45, 2.75) is 25.8 Å². The van der Waals surface area contributed by atoms with Crippen molar-refractivity contribution in [2.24, 2.45) is 0 Å². The average Bonchev–Trinajstić information content (AvgIpc) is 2.78. The van der Waals surface area contributed by atoms with Gasteiger partial charge in [-0.1, -0.05) is 0 Å². The number of amides is 1. The molecule has 0 spiro atoms. The van der Waals surface area contributed by atoms with Crippen LogP contribution in [-0.2, 0) is 16.0 Å². The number of nitrogens with one attached hydrogen (secondary N) is 1. The molecule has 0 atom stereocenters. The molecule has 9 nitrogen and oxygen atoms in total. The van der Waals surface area contributed by atoms with E-state index in [1.54, 1.807) is 0 Å². The maximum absolute atomic E-state index is 11.9. The molecule has 2 aromatic rings. The van der Waals surface area contributed by atoms with Gasteiger partial charge in [0.25, 0.3) is 5.69 Å². The summed E-state index contributed by atoms with van der Waals surface area (Å²) in [6.45, 7) is 2.75. The molecule has 0 aliphatic rings. The highest BCUT2D eigenvalue weighted by Crippen LogP contribution is 2.14. The van der Waals surface area contributed by atoms with Crippen LogP contribution in [0.1, 0.15) is 19.5 Å². The Morgan fingerprint density at radius 2 is 2.09 bits per heavy atom. The second-order valence-electron chi connectivity index (χ2n) is 5.30. The molecular weight excluding hydrogens is 292 g/mol. The number of carbonyl (C=O) groups is 2. The van der Waals surface area contributed by atoms with E-state index in [4.69, 9.17) is 5.11 Å². The maximum Gasteiger partial charge on any atom is 0.328 e. The van der Waals surface area contributed by atoms with E-state index in [1.807, 2.05) is 0 Å². The highest BCUT2D eigenvalue weighted by molar-refractivity contribution is 5.87. The zero-order valence-corrected chi connectivity index (χ0v) is 11.9. The number of imidazole rings is 1. The van der Waals surface area contributed by atoms with Gasteiger partial charge in [0.15, 0.2) is 0 Å². The maximum atomic E-state index is 11.9. The van der Waals surface area contributed by atoms with Gasteiger partial charge in [0, 0.05) is 12.3 Å². The van der Waals surface area contributed by atoms with E-state index >= 15 is 0 Å². The molecule has 2 heterocycles. The lowest BCUT2D eigenvalue weighted by Gasteiger charge is -2.20. The highest BCUT2D eigenvalue weighted by Gasteiger charge is 2.29. The lowest BCUT2D eigenvalue weighted by atomic mass is 10.1. The molecule has 2 N–H and O–H groups in total. The van der Waals surface area contributed by atoms with Gasteiger partial charge in [0.2, 0.25) is 5.91 Å². The second-order valence-corrected chi connectivity index (χ2v) is 5.30. The molecule has 0 radical (unpaired) electrons. The van der Waals surface area contributed by atoms with Crippen molar-refractivity contribution in [3.63, 3.8) is 0 Å². The molecule has 0 aromatic carbocycles. The third-order valence-corrected chi connectivity index (χ3v) is 3.02. The zero-order valence-electron chi connectivity index (χ0n) is 11.9. The molecule has 0 saturated carbocycles. The number of carboxylic acids is 1. The third-order valence-electron chi connectivity index (χ3n) is 3.02. The van der Waals surface area contributed by atoms with Crippen LogP contribution in [0.15, 0.2) is 24.5 Å². The lowest BCUT2D eigenvalue weighted by Crippen LogP contribution is -2.50. The Morgan fingerprint density at radius 3 is 2.68 bits per heavy atom. The van der Waals surface area contributed by atoms with E-state index in [0.717, 1.165) is 0 Å². The van der Waals surface area contributed by atoms with Gasteiger partial charge in [-0.3, -0.25) is 19.3 Å². The summed E-state index contributed by atoms with van der Waals surface area (Å²) in [5.41, 5.74) is -0.618. The van der Waals surface area contributed by atoms with Crippen LogP contribution in [0.3, 0.4) is 0 Å². The SMILES string of the molecule is CC(C)(NC(=O)Cc1cn2cc([N+](=O)[O-])ccc2n1)C(=O)O. The average molecular weight is 306 g/mol. The first-order valence-electron chi connectivity index (χ1n) is 6.35. The van der Waals surface area contributed by atoms with Crippen molar-refractivity contribution in [3.8, 4) is 0 Å². The van der Waals surface area contributed by atoms with Gasteiger partial charge in [-0.15, -0.1) is 0 Å². The molecule has 9 heteroatoms. The molecule has 0 bridgehead atoms. The van der Waals surface area contributed by atoms with Gasteiger partial charge in [0.05, 0.1) is 23.2 Å². The summed E-state index contributed by atoms with van der Waals surface area (Å²) < 4.78 is 1.45. The lowest BCUT2D eigenvalue weighted by molar-refractivity contribution is -0.385. The van der Waals surface area contributed by atoms with Crippen molar-refractivity contribution in [3.05, 3.63) is 40.3 Å². The van der Waals surface area contributed by atoms with Gasteiger partial charge in [-0.25, -0.2) is 9.78 Å². The Balaban J connectivity index is 2.16. The highest BCUT2D eigenvalue weighted by atomic mass is 16.6. The first-order chi connectivity index (χ1) is 10.2. The molecule has 0 unspecified atom stereocenters. The molecule has 0 aliphatic carbocycles. The standard InChI is InChI=1S/C13H14N4O5/c1-13(2,12(19)20)15-11(18)5-8-6-16-7-9(17(21)22)3-4-10(16)14-8/h3-4,6-7H,5H2,1-2H3,(H,15,18)(H,19,20). The molecule has 22 heavy (non-hydrogen) atoms. The van der Waals surface area contributed by atoms with Crippen molar-refractivity contribution < 1.29 is 19.6 Å². The number of rotatable bonds is 5. The minimum Gasteiger partial charge on any atom is -0.480 e. The van der Waals surface area contributed by atoms with E-state index in [0.29, 0.717) is 11.3 Å². The summed E-state index contributed by atoms with van der Waals surface area (Å²) in [5.74, 6) is -1.64. The predicted octanol–water partition coefficient (Wildman–Crippen LogP) is 0.764. The Hall–Kier alpha value is -2.97. The predicted molar refractivity (Wildman–Crippen MR) is 75.4 cm³/mol. The number of fused-ring (bicyclic) bond motifs is 1. The van der Waals surface area contributed by atoms with Gasteiger partial charge >= 0.3 is 5.97 Å². The van der Waals surface area contributed by atoms with E-state index in [-0.39, 0.29) is 12.1 Å². The Bertz CT molecular complexity index is 765. The molecule has 116 valence electrons. The van der Waals surface area contributed by atoms with Crippen molar-refractivity contribution in [2.75, 3.05) is 0 Å². The summed E-state index contributed by atoms with van der Waals surface area (Å²) >= 11 is 0. The summed E-state index contributed by atoms with van der Waals surface area (Å²) in [5, 5.41) is 22.0. The van der Waals surface area contributed by atoms with E-state index in [9.17, 15) is 19.7 Å². The number of hydrogen-bond acceptors (Lipinski definition) is 5. The summed E-state index contributed by atoms with van der Waals surface area (Å²) in [7, 11) is 0. The van der Waals surface area contributed by atoms with E-state index < -0.39 is 22.3 Å². The second kappa shape index (κ2) is 5.43. The van der Waals surface area contributed by atoms with Crippen LogP contribution < -0.4 is 5.32 Å². The fourth-order valence-corrected chi connectivity index (χ4v) is 1.84. The summed E-state index contributed by atoms with van der Waals surface area (Å²) in [4.78, 5) is 37.1. The van der Waals surface area contributed by atoms with Crippen LogP contribution in [-0.4, -0.2) is 36.8 Å². The smallest absolute Gasteiger partial charge is 0.328 e. The topological polar surface area (TPSA) is 127 Å². The fraction of sp³-hybridized carbons (Fsp3) is 0.308. The van der Waals surface area contributed by atoms with Crippen LogP contribution >= 0.6 is 0 Å². The van der Waals surface area contributed by atoms with Crippen LogP contribution in [0.2, 0.25) is 0 Å². The Labute approximate surface area is 124 Å². The number of nitro groups is 1. The molecular formula is C13H14N4O5. The molecule has 0 aliphatic heterocycles. The number of hydrogen-bond donors (Lipinski definition) is 2. The van der Waals surface area contributed by atoms with Crippen molar-refractivity contribution >= 4 is 23.2 Å². The number of aromatic nitrogens is 2. The number of carbonyl (C=O) groups excluding carboxylic acids is 1. The molecule has 2 rings (SSSR count). The van der Waals surface area contributed by atoms with E-state index in [1.165, 1.54) is 42.8 Å². The molecule has 0 fully saturated rings. The quantitative estimate of drug-likeness (QED) is 0.620. The van der Waals surface area contributed by atoms with Crippen molar-refractivity contribution in [1.29, 1.82) is 0 Å². The zero-order chi connectivity index (χ0) is 16.5. The van der Waals surface area contributed by atoms with Crippen LogP contribution in [0.25, 0.3) is 5.65 Å². The molecule has 2 aromatic heterocycles. The first kappa shape index (κ1) is 15.4. The number of pyridine rings is 1. The summed E-state index contributed by atoms with van der Waals surface area (Å²) in [6, 6.07) is 2.79. The monoisotopic (exact) mass is 306 g/mol. The number of nitrogens with zero attached hydrogens (tertiary/aromatic N) is 3. The van der Waals surface area contributed by atoms with Crippen molar-refractivity contribution in [1.82, 2.24) is 14.7 Å². The third kappa shape index (κ3) is 3.19. The Morgan fingerprint density at radius 1 is 1.41 bits per heavy atom. The minimum absolute atomic E-state index is 0.0899. The van der Waals surface area contributed by atoms with Gasteiger partial charge in [-0.05, 0) is 19.9 Å². The van der Waals surface area contributed by atoms with Gasteiger partial charge in [0.1, 0.15) is 11.2 Å². The van der Waals surface area contributed by atoms with Gasteiger partial charge < -0.3 is 10.4 Å². The first-order valence-corrected chi connectivity index (χ1v) is 6.35. The van der Waals surface area contributed by atoms with Gasteiger partial charge in [-0.2, -0.15) is 0 Å².